The van der Waals surface area contributed by atoms with E-state index in [1.54, 1.807) is 26.0 Å². The molecule has 0 spiro atoms. The predicted molar refractivity (Wildman–Crippen MR) is 120 cm³/mol. The van der Waals surface area contributed by atoms with Crippen molar-refractivity contribution in [3.63, 3.8) is 0 Å². The Kier molecular flexibility index (Phi) is 7.25. The summed E-state index contributed by atoms with van der Waals surface area (Å²) < 4.78 is 47.0. The van der Waals surface area contributed by atoms with E-state index in [4.69, 9.17) is 4.74 Å². The van der Waals surface area contributed by atoms with Crippen LogP contribution in [0.4, 0.5) is 13.2 Å². The highest BCUT2D eigenvalue weighted by Gasteiger charge is 2.38. The van der Waals surface area contributed by atoms with Crippen LogP contribution in [0.2, 0.25) is 0 Å². The first kappa shape index (κ1) is 24.9. The molecule has 2 aromatic rings. The van der Waals surface area contributed by atoms with Gasteiger partial charge in [-0.05, 0) is 42.5 Å². The van der Waals surface area contributed by atoms with E-state index in [-0.39, 0.29) is 30.4 Å². The zero-order valence-corrected chi connectivity index (χ0v) is 19.5. The van der Waals surface area contributed by atoms with Gasteiger partial charge in [-0.3, -0.25) is 14.9 Å². The molecule has 188 valence electrons. The normalized spacial score (nSPS) is 20.5. The summed E-state index contributed by atoms with van der Waals surface area (Å²) in [7, 11) is 0. The van der Waals surface area contributed by atoms with Crippen LogP contribution in [-0.2, 0) is 22.3 Å². The quantitative estimate of drug-likeness (QED) is 0.523. The van der Waals surface area contributed by atoms with E-state index in [0.29, 0.717) is 29.7 Å². The monoisotopic (exact) mass is 491 g/mol. The number of amides is 2. The molecule has 0 radical (unpaired) electrons. The minimum absolute atomic E-state index is 0.00105. The van der Waals surface area contributed by atoms with Crippen molar-refractivity contribution in [2.24, 2.45) is 11.8 Å². The Bertz CT molecular complexity index is 1070. The second kappa shape index (κ2) is 10.2. The van der Waals surface area contributed by atoms with Crippen LogP contribution >= 0.6 is 0 Å². The van der Waals surface area contributed by atoms with Crippen LogP contribution in [0.15, 0.2) is 30.3 Å². The second-order valence-corrected chi connectivity index (χ2v) is 9.27. The number of aromatic nitrogens is 2. The number of ether oxygens (including phenoxy) is 1. The van der Waals surface area contributed by atoms with E-state index in [9.17, 15) is 22.8 Å². The molecule has 2 fully saturated rings. The maximum absolute atomic E-state index is 13.8. The van der Waals surface area contributed by atoms with E-state index in [1.807, 2.05) is 0 Å². The van der Waals surface area contributed by atoms with Crippen molar-refractivity contribution in [1.29, 1.82) is 0 Å². The highest BCUT2D eigenvalue weighted by Crippen LogP contribution is 2.36. The third kappa shape index (κ3) is 6.47. The third-order valence-corrected chi connectivity index (χ3v) is 5.97. The molecule has 2 aliphatic rings. The number of carbonyl (C=O) groups excluding carboxylic acids is 2. The summed E-state index contributed by atoms with van der Waals surface area (Å²) in [4.78, 5) is 24.3. The highest BCUT2D eigenvalue weighted by atomic mass is 19.4. The minimum atomic E-state index is -4.63. The van der Waals surface area contributed by atoms with E-state index in [0.717, 1.165) is 18.9 Å². The fraction of sp³-hybridized carbons (Fsp3) is 0.500. The predicted octanol–water partition coefficient (Wildman–Crippen LogP) is 3.41. The van der Waals surface area contributed by atoms with Crippen LogP contribution in [0.3, 0.4) is 0 Å². The summed E-state index contributed by atoms with van der Waals surface area (Å²) in [5.74, 6) is 0.0433. The van der Waals surface area contributed by atoms with Gasteiger partial charge in [0.1, 0.15) is 6.17 Å². The molecule has 4 rings (SSSR count). The minimum Gasteiger partial charge on any atom is -0.476 e. The van der Waals surface area contributed by atoms with E-state index < -0.39 is 29.9 Å². The molecule has 1 aromatic carbocycles. The van der Waals surface area contributed by atoms with E-state index in [2.05, 4.69) is 26.1 Å². The number of hydrogen-bond donors (Lipinski definition) is 3. The van der Waals surface area contributed by atoms with Gasteiger partial charge in [0.15, 0.2) is 0 Å². The Hall–Kier alpha value is -3.21. The first-order valence-electron chi connectivity index (χ1n) is 11.6. The number of nitrogens with zero attached hydrogens (tertiary/aromatic N) is 2. The number of alkyl halides is 3. The summed E-state index contributed by atoms with van der Waals surface area (Å²) in [6.07, 6.45) is -3.46. The van der Waals surface area contributed by atoms with Gasteiger partial charge in [0.2, 0.25) is 17.7 Å². The van der Waals surface area contributed by atoms with Crippen molar-refractivity contribution in [1.82, 2.24) is 26.1 Å². The van der Waals surface area contributed by atoms with E-state index in [1.165, 1.54) is 12.1 Å². The molecule has 1 saturated carbocycles. The molecule has 1 aliphatic carbocycles. The molecule has 8 nitrogen and oxygen atoms in total. The lowest BCUT2D eigenvalue weighted by molar-refractivity contribution is -0.139. The first-order chi connectivity index (χ1) is 16.6. The van der Waals surface area contributed by atoms with Crippen LogP contribution in [-0.4, -0.2) is 28.6 Å². The number of benzene rings is 1. The molecule has 0 bridgehead atoms. The average Bonchev–Trinajstić information content (AvgIpc) is 3.65. The first-order valence-corrected chi connectivity index (χ1v) is 11.6. The van der Waals surface area contributed by atoms with Gasteiger partial charge in [-0.2, -0.15) is 18.3 Å². The van der Waals surface area contributed by atoms with Crippen molar-refractivity contribution in [3.05, 3.63) is 52.7 Å². The number of rotatable bonds is 8. The number of halogens is 3. The standard InChI is InChI=1S/C24H28F3N5O3/c1-13(2)23(34)28-11-15-5-6-17(24(25,26)27)16(9-15)22-29-19(10-20(33)30-22)18-7-8-21(32-31-18)35-12-14-3-4-14/h5-9,13-14,19,22,29H,3-4,10-12H2,1-2H3,(H,28,34)(H,30,33). The van der Waals surface area contributed by atoms with Gasteiger partial charge in [0.05, 0.1) is 23.9 Å². The van der Waals surface area contributed by atoms with Gasteiger partial charge in [-0.25, -0.2) is 0 Å². The molecule has 35 heavy (non-hydrogen) atoms. The van der Waals surface area contributed by atoms with Crippen LogP contribution in [0, 0.1) is 11.8 Å². The number of nitrogens with one attached hydrogen (secondary N) is 3. The molecular formula is C24H28F3N5O3. The topological polar surface area (TPSA) is 105 Å². The zero-order chi connectivity index (χ0) is 25.2. The summed E-state index contributed by atoms with van der Waals surface area (Å²) in [5.41, 5.74) is -0.0938. The molecule has 3 N–H and O–H groups in total. The maximum Gasteiger partial charge on any atom is 0.416 e. The van der Waals surface area contributed by atoms with Crippen molar-refractivity contribution >= 4 is 11.8 Å². The summed E-state index contributed by atoms with van der Waals surface area (Å²) >= 11 is 0. The van der Waals surface area contributed by atoms with Crippen LogP contribution < -0.4 is 20.7 Å². The van der Waals surface area contributed by atoms with Crippen molar-refractivity contribution in [3.8, 4) is 5.88 Å². The Balaban J connectivity index is 1.54. The van der Waals surface area contributed by atoms with Gasteiger partial charge >= 0.3 is 6.18 Å². The molecule has 2 unspecified atom stereocenters. The summed E-state index contributed by atoms with van der Waals surface area (Å²) in [6.45, 7) is 4.10. The molecule has 11 heteroatoms. The summed E-state index contributed by atoms with van der Waals surface area (Å²) in [5, 5.41) is 16.5. The van der Waals surface area contributed by atoms with Crippen LogP contribution in [0.1, 0.15) is 67.7 Å². The summed E-state index contributed by atoms with van der Waals surface area (Å²) in [6, 6.07) is 6.31. The van der Waals surface area contributed by atoms with Crippen molar-refractivity contribution < 1.29 is 27.5 Å². The Morgan fingerprint density at radius 1 is 1.20 bits per heavy atom. The Morgan fingerprint density at radius 2 is 1.97 bits per heavy atom. The highest BCUT2D eigenvalue weighted by molar-refractivity contribution is 5.78. The lowest BCUT2D eigenvalue weighted by Gasteiger charge is -2.33. The fourth-order valence-corrected chi connectivity index (χ4v) is 3.76. The molecule has 1 saturated heterocycles. The molecule has 2 amide bonds. The van der Waals surface area contributed by atoms with E-state index >= 15 is 0 Å². The largest absolute Gasteiger partial charge is 0.476 e. The SMILES string of the molecule is CC(C)C(=O)NCc1ccc(C(F)(F)F)c(C2NC(=O)CC(c3ccc(OCC4CC4)nn3)N2)c1. The number of carbonyl (C=O) groups is 2. The smallest absolute Gasteiger partial charge is 0.416 e. The lowest BCUT2D eigenvalue weighted by Crippen LogP contribution is -2.47. The van der Waals surface area contributed by atoms with Gasteiger partial charge in [-0.1, -0.05) is 19.9 Å². The van der Waals surface area contributed by atoms with Crippen LogP contribution in [0.5, 0.6) is 5.88 Å². The lowest BCUT2D eigenvalue weighted by atomic mass is 9.97. The molecular weight excluding hydrogens is 463 g/mol. The molecule has 2 atom stereocenters. The molecule has 2 heterocycles. The average molecular weight is 492 g/mol. The maximum atomic E-state index is 13.8. The third-order valence-electron chi connectivity index (χ3n) is 5.97. The van der Waals surface area contributed by atoms with Crippen molar-refractivity contribution in [2.45, 2.75) is 58.0 Å². The fourth-order valence-electron chi connectivity index (χ4n) is 3.76. The van der Waals surface area contributed by atoms with Gasteiger partial charge in [0, 0.05) is 30.5 Å². The Labute approximate surface area is 201 Å². The van der Waals surface area contributed by atoms with Crippen molar-refractivity contribution in [2.75, 3.05) is 6.61 Å². The van der Waals surface area contributed by atoms with Gasteiger partial charge in [0.25, 0.3) is 0 Å². The number of hydrogen-bond acceptors (Lipinski definition) is 6. The second-order valence-electron chi connectivity index (χ2n) is 9.27. The zero-order valence-electron chi connectivity index (χ0n) is 19.5. The van der Waals surface area contributed by atoms with Gasteiger partial charge in [-0.15, -0.1) is 5.10 Å². The Morgan fingerprint density at radius 3 is 2.60 bits per heavy atom. The van der Waals surface area contributed by atoms with Crippen LogP contribution in [0.25, 0.3) is 0 Å². The van der Waals surface area contributed by atoms with Gasteiger partial charge < -0.3 is 15.4 Å². The molecule has 1 aliphatic heterocycles. The molecule has 1 aromatic heterocycles.